The standard InChI is InChI=1S/C49H94O6/c1-7-44(5)36-30-24-19-21-27-33-39-48(51)54-42-46(55-49(52)40-34-28-22-20-25-31-37-45(6)8-2)41-53-47(50)38-32-26-18-16-14-12-10-9-11-13-15-17-23-29-35-43(3)4/h43-46H,7-42H2,1-6H3/t44?,45?,46-/m1/s1. The average molecular weight is 779 g/mol. The summed E-state index contributed by atoms with van der Waals surface area (Å²) in [5.41, 5.74) is 0. The molecule has 0 aliphatic rings. The minimum absolute atomic E-state index is 0.0666. The molecule has 326 valence electrons. The molecule has 2 unspecified atom stereocenters. The third-order valence-electron chi connectivity index (χ3n) is 11.6. The molecule has 0 saturated heterocycles. The molecule has 0 bridgehead atoms. The van der Waals surface area contributed by atoms with Crippen molar-refractivity contribution in [3.05, 3.63) is 0 Å². The van der Waals surface area contributed by atoms with Crippen molar-refractivity contribution in [3.63, 3.8) is 0 Å². The van der Waals surface area contributed by atoms with Crippen molar-refractivity contribution in [2.45, 2.75) is 266 Å². The quantitative estimate of drug-likeness (QED) is 0.0349. The summed E-state index contributed by atoms with van der Waals surface area (Å²) in [5.74, 6) is 1.61. The molecule has 6 heteroatoms. The molecule has 55 heavy (non-hydrogen) atoms. The van der Waals surface area contributed by atoms with Crippen molar-refractivity contribution in [1.29, 1.82) is 0 Å². The fourth-order valence-electron chi connectivity index (χ4n) is 7.17. The summed E-state index contributed by atoms with van der Waals surface area (Å²) in [4.78, 5) is 37.8. The number of ether oxygens (including phenoxy) is 3. The smallest absolute Gasteiger partial charge is 0.306 e. The topological polar surface area (TPSA) is 78.9 Å². The average Bonchev–Trinajstić information content (AvgIpc) is 3.17. The van der Waals surface area contributed by atoms with E-state index in [1.165, 1.54) is 141 Å². The van der Waals surface area contributed by atoms with Crippen molar-refractivity contribution in [3.8, 4) is 0 Å². The zero-order valence-corrected chi connectivity index (χ0v) is 37.7. The Morgan fingerprint density at radius 2 is 0.636 bits per heavy atom. The number of rotatable bonds is 42. The van der Waals surface area contributed by atoms with E-state index in [1.807, 2.05) is 0 Å². The molecule has 0 radical (unpaired) electrons. The lowest BCUT2D eigenvalue weighted by Gasteiger charge is -2.18. The van der Waals surface area contributed by atoms with Gasteiger partial charge in [-0.25, -0.2) is 0 Å². The first-order chi connectivity index (χ1) is 26.7. The number of carbonyl (C=O) groups is 3. The fraction of sp³-hybridized carbons (Fsp3) is 0.939. The molecule has 0 heterocycles. The van der Waals surface area contributed by atoms with Gasteiger partial charge in [-0.05, 0) is 37.0 Å². The van der Waals surface area contributed by atoms with E-state index in [2.05, 4.69) is 41.5 Å². The van der Waals surface area contributed by atoms with Crippen molar-refractivity contribution in [1.82, 2.24) is 0 Å². The minimum Gasteiger partial charge on any atom is -0.462 e. The second kappa shape index (κ2) is 40.6. The van der Waals surface area contributed by atoms with Crippen LogP contribution >= 0.6 is 0 Å². The van der Waals surface area contributed by atoms with Gasteiger partial charge in [-0.3, -0.25) is 14.4 Å². The molecular formula is C49H94O6. The first kappa shape index (κ1) is 53.4. The van der Waals surface area contributed by atoms with E-state index >= 15 is 0 Å². The highest BCUT2D eigenvalue weighted by molar-refractivity contribution is 5.71. The Labute approximate surface area is 342 Å². The number of carbonyl (C=O) groups excluding carboxylic acids is 3. The van der Waals surface area contributed by atoms with Crippen LogP contribution in [0.15, 0.2) is 0 Å². The minimum atomic E-state index is -0.763. The van der Waals surface area contributed by atoms with E-state index < -0.39 is 6.10 Å². The maximum absolute atomic E-state index is 12.7. The molecule has 6 nitrogen and oxygen atoms in total. The van der Waals surface area contributed by atoms with Gasteiger partial charge < -0.3 is 14.2 Å². The molecule has 0 amide bonds. The molecule has 0 saturated carbocycles. The highest BCUT2D eigenvalue weighted by atomic mass is 16.6. The summed E-state index contributed by atoms with van der Waals surface area (Å²) < 4.78 is 16.7. The van der Waals surface area contributed by atoms with Crippen LogP contribution in [0.3, 0.4) is 0 Å². The maximum Gasteiger partial charge on any atom is 0.306 e. The van der Waals surface area contributed by atoms with Gasteiger partial charge in [-0.2, -0.15) is 0 Å². The third-order valence-corrected chi connectivity index (χ3v) is 11.6. The van der Waals surface area contributed by atoms with Gasteiger partial charge in [-0.15, -0.1) is 0 Å². The van der Waals surface area contributed by atoms with Gasteiger partial charge in [-0.1, -0.05) is 221 Å². The Morgan fingerprint density at radius 3 is 0.945 bits per heavy atom. The summed E-state index contributed by atoms with van der Waals surface area (Å²) in [6.07, 6.45) is 38.1. The SMILES string of the molecule is CCC(C)CCCCCCCCC(=O)OC[C@@H](COC(=O)CCCCCCCCCCCCCCCCC(C)C)OC(=O)CCCCCCCCC(C)CC. The van der Waals surface area contributed by atoms with Gasteiger partial charge in [0.1, 0.15) is 13.2 Å². The Bertz CT molecular complexity index is 856. The van der Waals surface area contributed by atoms with Gasteiger partial charge in [0.15, 0.2) is 6.10 Å². The zero-order valence-electron chi connectivity index (χ0n) is 37.7. The Kier molecular flexibility index (Phi) is 39.4. The van der Waals surface area contributed by atoms with Crippen molar-refractivity contribution >= 4 is 17.9 Å². The Morgan fingerprint density at radius 1 is 0.364 bits per heavy atom. The number of hydrogen-bond acceptors (Lipinski definition) is 6. The van der Waals surface area contributed by atoms with Crippen LogP contribution in [-0.2, 0) is 28.6 Å². The highest BCUT2D eigenvalue weighted by Gasteiger charge is 2.19. The number of unbranched alkanes of at least 4 members (excludes halogenated alkanes) is 23. The molecule has 0 spiro atoms. The lowest BCUT2D eigenvalue weighted by Crippen LogP contribution is -2.30. The van der Waals surface area contributed by atoms with Crippen LogP contribution in [0.4, 0.5) is 0 Å². The van der Waals surface area contributed by atoms with Gasteiger partial charge in [0.05, 0.1) is 0 Å². The van der Waals surface area contributed by atoms with E-state index in [-0.39, 0.29) is 31.1 Å². The third kappa shape index (κ3) is 40.4. The van der Waals surface area contributed by atoms with Crippen LogP contribution in [-0.4, -0.2) is 37.2 Å². The molecular weight excluding hydrogens is 685 g/mol. The van der Waals surface area contributed by atoms with E-state index in [9.17, 15) is 14.4 Å². The highest BCUT2D eigenvalue weighted by Crippen LogP contribution is 2.18. The summed E-state index contributed by atoms with van der Waals surface area (Å²) in [7, 11) is 0. The summed E-state index contributed by atoms with van der Waals surface area (Å²) in [6, 6.07) is 0. The Hall–Kier alpha value is -1.59. The van der Waals surface area contributed by atoms with E-state index in [4.69, 9.17) is 14.2 Å². The second-order valence-corrected chi connectivity index (χ2v) is 17.7. The Balaban J connectivity index is 4.28. The molecule has 0 aromatic heterocycles. The molecule has 0 aromatic rings. The van der Waals surface area contributed by atoms with E-state index in [0.717, 1.165) is 75.5 Å². The normalized spacial score (nSPS) is 13.1. The zero-order chi connectivity index (χ0) is 40.6. The monoisotopic (exact) mass is 779 g/mol. The lowest BCUT2D eigenvalue weighted by molar-refractivity contribution is -0.167. The first-order valence-electron chi connectivity index (χ1n) is 24.2. The molecule has 0 aliphatic heterocycles. The predicted molar refractivity (Wildman–Crippen MR) is 233 cm³/mol. The van der Waals surface area contributed by atoms with Crippen molar-refractivity contribution in [2.24, 2.45) is 17.8 Å². The van der Waals surface area contributed by atoms with Crippen LogP contribution in [0.25, 0.3) is 0 Å². The van der Waals surface area contributed by atoms with Gasteiger partial charge in [0.2, 0.25) is 0 Å². The largest absolute Gasteiger partial charge is 0.462 e. The van der Waals surface area contributed by atoms with E-state index in [0.29, 0.717) is 19.3 Å². The molecule has 0 aliphatic carbocycles. The summed E-state index contributed by atoms with van der Waals surface area (Å²) in [6.45, 7) is 13.7. The fourth-order valence-corrected chi connectivity index (χ4v) is 7.17. The molecule has 0 fully saturated rings. The second-order valence-electron chi connectivity index (χ2n) is 17.7. The van der Waals surface area contributed by atoms with Crippen LogP contribution in [0.1, 0.15) is 260 Å². The van der Waals surface area contributed by atoms with Gasteiger partial charge >= 0.3 is 17.9 Å². The van der Waals surface area contributed by atoms with Gasteiger partial charge in [0.25, 0.3) is 0 Å². The molecule has 0 N–H and O–H groups in total. The van der Waals surface area contributed by atoms with Gasteiger partial charge in [0, 0.05) is 19.3 Å². The van der Waals surface area contributed by atoms with Crippen molar-refractivity contribution < 1.29 is 28.6 Å². The van der Waals surface area contributed by atoms with Crippen LogP contribution < -0.4 is 0 Å². The van der Waals surface area contributed by atoms with Crippen LogP contribution in [0, 0.1) is 17.8 Å². The van der Waals surface area contributed by atoms with Crippen molar-refractivity contribution in [2.75, 3.05) is 13.2 Å². The predicted octanol–water partition coefficient (Wildman–Crippen LogP) is 15.2. The maximum atomic E-state index is 12.7. The number of hydrogen-bond donors (Lipinski definition) is 0. The summed E-state index contributed by atoms with van der Waals surface area (Å²) >= 11 is 0. The van der Waals surface area contributed by atoms with E-state index in [1.54, 1.807) is 0 Å². The number of esters is 3. The van der Waals surface area contributed by atoms with Crippen LogP contribution in [0.5, 0.6) is 0 Å². The molecule has 3 atom stereocenters. The summed E-state index contributed by atoms with van der Waals surface area (Å²) in [5, 5.41) is 0. The lowest BCUT2D eigenvalue weighted by atomic mass is 10.00. The first-order valence-corrected chi connectivity index (χ1v) is 24.2. The molecule has 0 rings (SSSR count). The van der Waals surface area contributed by atoms with Crippen LogP contribution in [0.2, 0.25) is 0 Å². The molecule has 0 aromatic carbocycles.